The van der Waals surface area contributed by atoms with Crippen molar-refractivity contribution in [2.45, 2.75) is 0 Å². The number of anilines is 1. The van der Waals surface area contributed by atoms with Crippen molar-refractivity contribution >= 4 is 72.8 Å². The minimum Gasteiger partial charge on any atom is -0.345 e. The Morgan fingerprint density at radius 3 is 2.21 bits per heavy atom. The van der Waals surface area contributed by atoms with Crippen LogP contribution in [0.25, 0.3) is 0 Å². The molecule has 0 saturated carbocycles. The standard InChI is InChI=1S/C13H8Br2Cl2N2/c14-8-1-3-12(10(16)5-8)18-7-19-13-4-2-9(15)6-11(13)17/h1-7H,(H,18,19). The van der Waals surface area contributed by atoms with Gasteiger partial charge in [0.1, 0.15) is 0 Å². The van der Waals surface area contributed by atoms with Crippen LogP contribution in [0.15, 0.2) is 50.3 Å². The summed E-state index contributed by atoms with van der Waals surface area (Å²) in [5, 5.41) is 4.21. The zero-order valence-corrected chi connectivity index (χ0v) is 14.2. The molecule has 0 radical (unpaired) electrons. The molecule has 2 aromatic carbocycles. The minimum atomic E-state index is 0.578. The second kappa shape index (κ2) is 6.75. The first-order chi connectivity index (χ1) is 9.06. The van der Waals surface area contributed by atoms with Gasteiger partial charge in [0.2, 0.25) is 0 Å². The van der Waals surface area contributed by atoms with E-state index in [0.29, 0.717) is 15.7 Å². The fourth-order valence-electron chi connectivity index (χ4n) is 1.36. The maximum Gasteiger partial charge on any atom is 0.0931 e. The molecule has 2 rings (SSSR count). The van der Waals surface area contributed by atoms with Crippen LogP contribution in [0.5, 0.6) is 0 Å². The SMILES string of the molecule is Clc1cc(Br)ccc1N=CNc1ccc(Br)cc1Cl. The average molecular weight is 423 g/mol. The molecule has 98 valence electrons. The Morgan fingerprint density at radius 1 is 0.947 bits per heavy atom. The molecule has 0 unspecified atom stereocenters. The van der Waals surface area contributed by atoms with Crippen molar-refractivity contribution in [3.8, 4) is 0 Å². The summed E-state index contributed by atoms with van der Waals surface area (Å²) in [4.78, 5) is 4.25. The van der Waals surface area contributed by atoms with Gasteiger partial charge in [0.25, 0.3) is 0 Å². The quantitative estimate of drug-likeness (QED) is 0.456. The Balaban J connectivity index is 2.11. The molecule has 0 atom stereocenters. The fourth-order valence-corrected chi connectivity index (χ4v) is 2.81. The number of benzene rings is 2. The number of hydrogen-bond acceptors (Lipinski definition) is 1. The molecule has 0 aromatic heterocycles. The predicted molar refractivity (Wildman–Crippen MR) is 90.1 cm³/mol. The summed E-state index contributed by atoms with van der Waals surface area (Å²) in [5.74, 6) is 0. The second-order valence-electron chi connectivity index (χ2n) is 3.62. The molecule has 0 bridgehead atoms. The lowest BCUT2D eigenvalue weighted by atomic mass is 10.3. The van der Waals surface area contributed by atoms with Crippen LogP contribution in [0.1, 0.15) is 0 Å². The third-order valence-electron chi connectivity index (χ3n) is 2.26. The molecule has 0 aliphatic heterocycles. The summed E-state index contributed by atoms with van der Waals surface area (Å²) in [6.45, 7) is 0. The van der Waals surface area contributed by atoms with E-state index in [1.807, 2.05) is 30.3 Å². The van der Waals surface area contributed by atoms with Crippen molar-refractivity contribution in [2.75, 3.05) is 5.32 Å². The van der Waals surface area contributed by atoms with E-state index in [2.05, 4.69) is 42.2 Å². The predicted octanol–water partition coefficient (Wildman–Crippen LogP) is 6.29. The van der Waals surface area contributed by atoms with Gasteiger partial charge < -0.3 is 5.32 Å². The normalized spacial score (nSPS) is 10.9. The first-order valence-corrected chi connectivity index (χ1v) is 7.59. The molecular formula is C13H8Br2Cl2N2. The minimum absolute atomic E-state index is 0.578. The van der Waals surface area contributed by atoms with Crippen LogP contribution in [0, 0.1) is 0 Å². The van der Waals surface area contributed by atoms with E-state index < -0.39 is 0 Å². The molecule has 0 amide bonds. The van der Waals surface area contributed by atoms with Gasteiger partial charge in [0.05, 0.1) is 27.8 Å². The van der Waals surface area contributed by atoms with E-state index in [-0.39, 0.29) is 0 Å². The molecule has 19 heavy (non-hydrogen) atoms. The van der Waals surface area contributed by atoms with Crippen LogP contribution >= 0.6 is 55.1 Å². The lowest BCUT2D eigenvalue weighted by molar-refractivity contribution is 1.50. The van der Waals surface area contributed by atoms with E-state index in [1.54, 1.807) is 12.4 Å². The Hall–Kier alpha value is -0.550. The van der Waals surface area contributed by atoms with Crippen molar-refractivity contribution in [1.29, 1.82) is 0 Å². The van der Waals surface area contributed by atoms with Crippen molar-refractivity contribution in [3.05, 3.63) is 55.4 Å². The molecule has 1 N–H and O–H groups in total. The maximum atomic E-state index is 6.08. The van der Waals surface area contributed by atoms with Gasteiger partial charge in [0, 0.05) is 8.95 Å². The van der Waals surface area contributed by atoms with Gasteiger partial charge in [-0.2, -0.15) is 0 Å². The lowest BCUT2D eigenvalue weighted by Crippen LogP contribution is -1.94. The zero-order valence-electron chi connectivity index (χ0n) is 9.50. The van der Waals surface area contributed by atoms with E-state index in [9.17, 15) is 0 Å². The highest BCUT2D eigenvalue weighted by Crippen LogP contribution is 2.28. The highest BCUT2D eigenvalue weighted by Gasteiger charge is 2.00. The van der Waals surface area contributed by atoms with Gasteiger partial charge in [-0.1, -0.05) is 55.1 Å². The van der Waals surface area contributed by atoms with Gasteiger partial charge in [-0.25, -0.2) is 4.99 Å². The van der Waals surface area contributed by atoms with Crippen LogP contribution in [-0.4, -0.2) is 6.34 Å². The Morgan fingerprint density at radius 2 is 1.58 bits per heavy atom. The summed E-state index contributed by atoms with van der Waals surface area (Å²) >= 11 is 18.8. The highest BCUT2D eigenvalue weighted by atomic mass is 79.9. The largest absolute Gasteiger partial charge is 0.345 e. The molecule has 0 aliphatic rings. The van der Waals surface area contributed by atoms with Gasteiger partial charge in [0.15, 0.2) is 0 Å². The number of rotatable bonds is 3. The van der Waals surface area contributed by atoms with E-state index in [4.69, 9.17) is 23.2 Å². The molecule has 0 saturated heterocycles. The topological polar surface area (TPSA) is 24.4 Å². The molecule has 0 heterocycles. The van der Waals surface area contributed by atoms with E-state index in [1.165, 1.54) is 0 Å². The Bertz CT molecular complexity index is 630. The Labute approximate surface area is 138 Å². The zero-order chi connectivity index (χ0) is 13.8. The van der Waals surface area contributed by atoms with Crippen LogP contribution in [0.3, 0.4) is 0 Å². The van der Waals surface area contributed by atoms with Crippen LogP contribution in [0.4, 0.5) is 11.4 Å². The first kappa shape index (κ1) is 14.9. The maximum absolute atomic E-state index is 6.08. The summed E-state index contributed by atoms with van der Waals surface area (Å²) in [5.41, 5.74) is 1.47. The molecule has 0 spiro atoms. The van der Waals surface area contributed by atoms with Crippen molar-refractivity contribution < 1.29 is 0 Å². The fraction of sp³-hybridized carbons (Fsp3) is 0. The molecule has 2 aromatic rings. The second-order valence-corrected chi connectivity index (χ2v) is 6.27. The number of nitrogens with zero attached hydrogens (tertiary/aromatic N) is 1. The summed E-state index contributed by atoms with van der Waals surface area (Å²) in [6.07, 6.45) is 1.56. The van der Waals surface area contributed by atoms with E-state index >= 15 is 0 Å². The third kappa shape index (κ3) is 4.21. The van der Waals surface area contributed by atoms with Crippen molar-refractivity contribution in [1.82, 2.24) is 0 Å². The van der Waals surface area contributed by atoms with E-state index in [0.717, 1.165) is 14.6 Å². The number of aliphatic imine (C=N–C) groups is 1. The summed E-state index contributed by atoms with van der Waals surface area (Å²) in [7, 11) is 0. The molecule has 0 fully saturated rings. The third-order valence-corrected chi connectivity index (χ3v) is 3.87. The monoisotopic (exact) mass is 420 g/mol. The molecule has 6 heteroatoms. The summed E-state index contributed by atoms with van der Waals surface area (Å²) < 4.78 is 1.84. The molecule has 2 nitrogen and oxygen atoms in total. The van der Waals surface area contributed by atoms with Crippen LogP contribution < -0.4 is 5.32 Å². The molecule has 0 aliphatic carbocycles. The lowest BCUT2D eigenvalue weighted by Gasteiger charge is -2.04. The van der Waals surface area contributed by atoms with Gasteiger partial charge in [-0.05, 0) is 36.4 Å². The smallest absolute Gasteiger partial charge is 0.0931 e. The highest BCUT2D eigenvalue weighted by molar-refractivity contribution is 9.10. The number of nitrogens with one attached hydrogen (secondary N) is 1. The Kier molecular flexibility index (Phi) is 5.28. The van der Waals surface area contributed by atoms with Crippen LogP contribution in [0.2, 0.25) is 10.0 Å². The van der Waals surface area contributed by atoms with Crippen molar-refractivity contribution in [2.24, 2.45) is 4.99 Å². The summed E-state index contributed by atoms with van der Waals surface area (Å²) in [6, 6.07) is 11.1. The number of hydrogen-bond donors (Lipinski definition) is 1. The number of halogens is 4. The van der Waals surface area contributed by atoms with Gasteiger partial charge >= 0.3 is 0 Å². The van der Waals surface area contributed by atoms with Crippen LogP contribution in [-0.2, 0) is 0 Å². The first-order valence-electron chi connectivity index (χ1n) is 5.25. The average Bonchev–Trinajstić information content (AvgIpc) is 2.34. The van der Waals surface area contributed by atoms with Crippen molar-refractivity contribution in [3.63, 3.8) is 0 Å². The van der Waals surface area contributed by atoms with Gasteiger partial charge in [-0.3, -0.25) is 0 Å². The van der Waals surface area contributed by atoms with Gasteiger partial charge in [-0.15, -0.1) is 0 Å². The molecular weight excluding hydrogens is 415 g/mol.